The van der Waals surface area contributed by atoms with Crippen molar-refractivity contribution >= 4 is 61.4 Å². The van der Waals surface area contributed by atoms with Crippen LogP contribution in [0.3, 0.4) is 0 Å². The third kappa shape index (κ3) is 3.45. The Morgan fingerprint density at radius 1 is 1.13 bits per heavy atom. The highest BCUT2D eigenvalue weighted by Gasteiger charge is 2.21. The van der Waals surface area contributed by atoms with E-state index in [2.05, 4.69) is 15.9 Å². The smallest absolute Gasteiger partial charge is 0.277 e. The molecule has 0 radical (unpaired) electrons. The van der Waals surface area contributed by atoms with Gasteiger partial charge in [0.05, 0.1) is 35.9 Å². The first-order chi connectivity index (χ1) is 14.5. The molecule has 0 spiro atoms. The molecule has 0 atom stereocenters. The largest absolute Gasteiger partial charge is 0.497 e. The summed E-state index contributed by atoms with van der Waals surface area (Å²) in [6.45, 7) is 0. The number of fused-ring (bicyclic) bond motifs is 1. The minimum atomic E-state index is -0.247. The Bertz CT molecular complexity index is 1380. The number of ether oxygens (including phenoxy) is 2. The zero-order valence-electron chi connectivity index (χ0n) is 15.9. The number of methoxy groups -OCH3 is 2. The second-order valence-corrected chi connectivity index (χ2v) is 8.76. The molecule has 0 saturated heterocycles. The predicted molar refractivity (Wildman–Crippen MR) is 126 cm³/mol. The van der Waals surface area contributed by atoms with Crippen molar-refractivity contribution < 1.29 is 9.47 Å². The van der Waals surface area contributed by atoms with Crippen molar-refractivity contribution in [3.8, 4) is 22.9 Å². The number of hydrogen-bond donors (Lipinski definition) is 0. The quantitative estimate of drug-likeness (QED) is 0.254. The summed E-state index contributed by atoms with van der Waals surface area (Å²) < 4.78 is 15.0. The number of aromatic nitrogens is 3. The van der Waals surface area contributed by atoms with Crippen molar-refractivity contribution in [1.82, 2.24) is 14.1 Å². The van der Waals surface area contributed by atoms with E-state index in [0.717, 1.165) is 0 Å². The van der Waals surface area contributed by atoms with Crippen molar-refractivity contribution in [2.45, 2.75) is 5.33 Å². The molecular formula is C20H15BrClN3O3S2. The summed E-state index contributed by atoms with van der Waals surface area (Å²) in [7, 11) is 3.12. The van der Waals surface area contributed by atoms with Crippen LogP contribution in [-0.4, -0.2) is 28.3 Å². The SMILES string of the molecule is COc1ccc(OC)c(-n2c(CBr)nc3c(sc(=S)n3-c3ccccc3Cl)c2=O)c1. The number of thiazole rings is 1. The fourth-order valence-corrected chi connectivity index (χ4v) is 5.04. The molecule has 154 valence electrons. The minimum Gasteiger partial charge on any atom is -0.497 e. The van der Waals surface area contributed by atoms with E-state index in [9.17, 15) is 4.79 Å². The van der Waals surface area contributed by atoms with Crippen LogP contribution in [0.25, 0.3) is 21.7 Å². The molecule has 10 heteroatoms. The molecule has 0 amide bonds. The van der Waals surface area contributed by atoms with Gasteiger partial charge in [0.15, 0.2) is 9.60 Å². The summed E-state index contributed by atoms with van der Waals surface area (Å²) in [5, 5.41) is 0.859. The first kappa shape index (κ1) is 21.0. The molecule has 2 heterocycles. The Balaban J connectivity index is 2.09. The summed E-state index contributed by atoms with van der Waals surface area (Å²) in [6.07, 6.45) is 0. The molecule has 0 aliphatic carbocycles. The van der Waals surface area contributed by atoms with Gasteiger partial charge < -0.3 is 9.47 Å². The molecule has 2 aromatic carbocycles. The van der Waals surface area contributed by atoms with Gasteiger partial charge in [-0.05, 0) is 36.5 Å². The highest BCUT2D eigenvalue weighted by atomic mass is 79.9. The Morgan fingerprint density at radius 3 is 2.57 bits per heavy atom. The van der Waals surface area contributed by atoms with Crippen molar-refractivity contribution in [2.24, 2.45) is 0 Å². The van der Waals surface area contributed by atoms with Crippen LogP contribution in [0, 0.1) is 3.95 Å². The second-order valence-electron chi connectivity index (χ2n) is 6.15. The third-order valence-electron chi connectivity index (χ3n) is 4.52. The minimum absolute atomic E-state index is 0.247. The molecule has 4 aromatic rings. The number of rotatable bonds is 5. The first-order valence-electron chi connectivity index (χ1n) is 8.71. The molecule has 0 unspecified atom stereocenters. The van der Waals surface area contributed by atoms with Gasteiger partial charge in [0.2, 0.25) is 0 Å². The van der Waals surface area contributed by atoms with E-state index in [1.807, 2.05) is 18.2 Å². The van der Waals surface area contributed by atoms with Gasteiger partial charge in [0, 0.05) is 6.07 Å². The molecule has 4 rings (SSSR count). The number of alkyl halides is 1. The van der Waals surface area contributed by atoms with Gasteiger partial charge in [-0.15, -0.1) is 0 Å². The lowest BCUT2D eigenvalue weighted by molar-refractivity contribution is 0.401. The molecule has 30 heavy (non-hydrogen) atoms. The van der Waals surface area contributed by atoms with Crippen LogP contribution >= 0.6 is 51.1 Å². The Hall–Kier alpha value is -2.20. The lowest BCUT2D eigenvalue weighted by atomic mass is 10.2. The van der Waals surface area contributed by atoms with Crippen LogP contribution in [0.4, 0.5) is 0 Å². The van der Waals surface area contributed by atoms with E-state index in [0.29, 0.717) is 53.4 Å². The molecule has 0 saturated carbocycles. The molecular weight excluding hydrogens is 510 g/mol. The number of para-hydroxylation sites is 1. The summed E-state index contributed by atoms with van der Waals surface area (Å²) in [4.78, 5) is 18.3. The van der Waals surface area contributed by atoms with Crippen molar-refractivity contribution in [3.63, 3.8) is 0 Å². The maximum Gasteiger partial charge on any atom is 0.277 e. The standard InChI is InChI=1S/C20H15BrClN3O3S2/c1-27-11-7-8-15(28-2)14(9-11)24-16(10-21)23-18-17(19(24)26)30-20(29)25(18)13-6-4-3-5-12(13)22/h3-9H,10H2,1-2H3. The highest BCUT2D eigenvalue weighted by Crippen LogP contribution is 2.31. The average molecular weight is 525 g/mol. The summed E-state index contributed by atoms with van der Waals surface area (Å²) >= 11 is 16.6. The lowest BCUT2D eigenvalue weighted by Gasteiger charge is -2.16. The van der Waals surface area contributed by atoms with Crippen molar-refractivity contribution in [3.05, 3.63) is 67.6 Å². The maximum absolute atomic E-state index is 13.6. The van der Waals surface area contributed by atoms with Gasteiger partial charge in [0.25, 0.3) is 5.56 Å². The average Bonchev–Trinajstić information content (AvgIpc) is 3.09. The van der Waals surface area contributed by atoms with Crippen LogP contribution in [0.1, 0.15) is 5.82 Å². The fourth-order valence-electron chi connectivity index (χ4n) is 3.15. The summed E-state index contributed by atoms with van der Waals surface area (Å²) in [5.41, 5.74) is 1.44. The normalized spacial score (nSPS) is 11.1. The van der Waals surface area contributed by atoms with E-state index in [4.69, 9.17) is 38.3 Å². The van der Waals surface area contributed by atoms with E-state index < -0.39 is 0 Å². The second kappa shape index (κ2) is 8.50. The van der Waals surface area contributed by atoms with E-state index >= 15 is 0 Å². The van der Waals surface area contributed by atoms with Crippen molar-refractivity contribution in [2.75, 3.05) is 14.2 Å². The summed E-state index contributed by atoms with van der Waals surface area (Å²) in [5.74, 6) is 1.61. The van der Waals surface area contributed by atoms with E-state index in [1.165, 1.54) is 15.9 Å². The van der Waals surface area contributed by atoms with Crippen LogP contribution in [-0.2, 0) is 5.33 Å². The van der Waals surface area contributed by atoms with Gasteiger partial charge in [0.1, 0.15) is 22.0 Å². The van der Waals surface area contributed by atoms with Crippen LogP contribution in [0.5, 0.6) is 11.5 Å². The number of nitrogens with zero attached hydrogens (tertiary/aromatic N) is 3. The number of halogens is 2. The van der Waals surface area contributed by atoms with Crippen LogP contribution in [0.15, 0.2) is 47.3 Å². The fraction of sp³-hybridized carbons (Fsp3) is 0.150. The predicted octanol–water partition coefficient (Wildman–Crippen LogP) is 5.53. The molecule has 2 aromatic heterocycles. The van der Waals surface area contributed by atoms with E-state index in [1.54, 1.807) is 43.1 Å². The van der Waals surface area contributed by atoms with Crippen molar-refractivity contribution in [1.29, 1.82) is 0 Å². The van der Waals surface area contributed by atoms with Gasteiger partial charge >= 0.3 is 0 Å². The zero-order valence-corrected chi connectivity index (χ0v) is 19.9. The van der Waals surface area contributed by atoms with Gasteiger partial charge in [-0.2, -0.15) is 0 Å². The first-order valence-corrected chi connectivity index (χ1v) is 11.4. The molecule has 0 aliphatic rings. The van der Waals surface area contributed by atoms with Gasteiger partial charge in [-0.1, -0.05) is 51.0 Å². The zero-order chi connectivity index (χ0) is 21.4. The van der Waals surface area contributed by atoms with Crippen LogP contribution < -0.4 is 15.0 Å². The molecule has 0 aliphatic heterocycles. The Morgan fingerprint density at radius 2 is 1.90 bits per heavy atom. The van der Waals surface area contributed by atoms with E-state index in [-0.39, 0.29) is 5.56 Å². The Labute approximate surface area is 194 Å². The molecule has 0 N–H and O–H groups in total. The number of hydrogen-bond acceptors (Lipinski definition) is 6. The topological polar surface area (TPSA) is 58.3 Å². The van der Waals surface area contributed by atoms with Crippen LogP contribution in [0.2, 0.25) is 5.02 Å². The molecule has 6 nitrogen and oxygen atoms in total. The third-order valence-corrected chi connectivity index (χ3v) is 6.69. The monoisotopic (exact) mass is 523 g/mol. The highest BCUT2D eigenvalue weighted by molar-refractivity contribution is 9.08. The summed E-state index contributed by atoms with van der Waals surface area (Å²) in [6, 6.07) is 12.6. The van der Waals surface area contributed by atoms with Gasteiger partial charge in [-0.25, -0.2) is 4.98 Å². The maximum atomic E-state index is 13.6. The molecule has 0 fully saturated rings. The van der Waals surface area contributed by atoms with Gasteiger partial charge in [-0.3, -0.25) is 13.9 Å². The number of benzene rings is 2. The Kier molecular flexibility index (Phi) is 5.97. The lowest BCUT2D eigenvalue weighted by Crippen LogP contribution is -2.23. The molecule has 0 bridgehead atoms.